The highest BCUT2D eigenvalue weighted by atomic mass is 32.2. The van der Waals surface area contributed by atoms with E-state index in [0.717, 1.165) is 37.5 Å². The van der Waals surface area contributed by atoms with E-state index in [0.29, 0.717) is 6.42 Å². The summed E-state index contributed by atoms with van der Waals surface area (Å²) in [5.41, 5.74) is 0. The molecule has 106 valence electrons. The van der Waals surface area contributed by atoms with Crippen LogP contribution in [0.4, 0.5) is 8.78 Å². The Balaban J connectivity index is 2.37. The molecule has 1 saturated carbocycles. The highest BCUT2D eigenvalue weighted by Crippen LogP contribution is 2.29. The second kappa shape index (κ2) is 5.54. The first kappa shape index (κ1) is 14.4. The molecule has 1 aliphatic carbocycles. The first-order valence-corrected chi connectivity index (χ1v) is 7.87. The second-order valence-electron chi connectivity index (χ2n) is 4.84. The molecule has 0 saturated heterocycles. The molecular weight excluding hydrogens is 272 g/mol. The molecule has 1 aromatic carbocycles. The Morgan fingerprint density at radius 1 is 1.16 bits per heavy atom. The number of hydrogen-bond acceptors (Lipinski definition) is 3. The molecule has 0 heterocycles. The van der Waals surface area contributed by atoms with Gasteiger partial charge in [-0.05, 0) is 38.1 Å². The minimum atomic E-state index is -3.63. The van der Waals surface area contributed by atoms with Crippen LogP contribution in [0, 0.1) is 11.6 Å². The molecule has 19 heavy (non-hydrogen) atoms. The van der Waals surface area contributed by atoms with E-state index in [1.807, 2.05) is 0 Å². The van der Waals surface area contributed by atoms with E-state index in [1.54, 1.807) is 7.05 Å². The Morgan fingerprint density at radius 3 is 2.47 bits per heavy atom. The molecule has 1 aliphatic rings. The van der Waals surface area contributed by atoms with Crippen molar-refractivity contribution < 1.29 is 17.2 Å². The predicted octanol–water partition coefficient (Wildman–Crippen LogP) is 2.27. The van der Waals surface area contributed by atoms with Crippen molar-refractivity contribution in [2.24, 2.45) is 0 Å². The molecule has 0 aliphatic heterocycles. The second-order valence-corrected chi connectivity index (χ2v) is 7.01. The zero-order valence-electron chi connectivity index (χ0n) is 10.7. The van der Waals surface area contributed by atoms with Crippen molar-refractivity contribution in [3.05, 3.63) is 29.8 Å². The summed E-state index contributed by atoms with van der Waals surface area (Å²) in [6.45, 7) is 0. The van der Waals surface area contributed by atoms with Crippen LogP contribution in [0.2, 0.25) is 0 Å². The summed E-state index contributed by atoms with van der Waals surface area (Å²) in [5, 5.41) is 2.44. The molecule has 1 fully saturated rings. The number of benzene rings is 1. The predicted molar refractivity (Wildman–Crippen MR) is 68.6 cm³/mol. The molecule has 0 aromatic heterocycles. The van der Waals surface area contributed by atoms with Crippen LogP contribution in [-0.4, -0.2) is 26.8 Å². The maximum Gasteiger partial charge on any atom is 0.182 e. The third kappa shape index (κ3) is 2.79. The number of sulfone groups is 1. The molecule has 3 nitrogen and oxygen atoms in total. The van der Waals surface area contributed by atoms with Gasteiger partial charge in [-0.2, -0.15) is 0 Å². The van der Waals surface area contributed by atoms with Crippen molar-refractivity contribution >= 4 is 9.84 Å². The fourth-order valence-electron chi connectivity index (χ4n) is 2.63. The minimum Gasteiger partial charge on any atom is -0.316 e. The molecule has 2 atom stereocenters. The fourth-order valence-corrected chi connectivity index (χ4v) is 4.68. The van der Waals surface area contributed by atoms with Crippen LogP contribution in [0.25, 0.3) is 0 Å². The SMILES string of the molecule is CNC1CCCCC1S(=O)(=O)c1ccc(F)c(F)c1. The third-order valence-corrected chi connectivity index (χ3v) is 5.96. The lowest BCUT2D eigenvalue weighted by molar-refractivity contribution is 0.389. The Bertz CT molecular complexity index is 560. The van der Waals surface area contributed by atoms with E-state index in [-0.39, 0.29) is 10.9 Å². The van der Waals surface area contributed by atoms with Crippen molar-refractivity contribution in [2.75, 3.05) is 7.05 Å². The molecule has 0 amide bonds. The smallest absolute Gasteiger partial charge is 0.182 e. The maximum atomic E-state index is 13.2. The quantitative estimate of drug-likeness (QED) is 0.868. The summed E-state index contributed by atoms with van der Waals surface area (Å²) in [6.07, 6.45) is 3.15. The molecule has 2 unspecified atom stereocenters. The summed E-state index contributed by atoms with van der Waals surface area (Å²) >= 11 is 0. The number of halogens is 2. The van der Waals surface area contributed by atoms with Crippen molar-refractivity contribution in [1.82, 2.24) is 5.32 Å². The molecule has 0 spiro atoms. The number of rotatable bonds is 3. The van der Waals surface area contributed by atoms with Crippen LogP contribution in [0.1, 0.15) is 25.7 Å². The fraction of sp³-hybridized carbons (Fsp3) is 0.538. The van der Waals surface area contributed by atoms with Crippen LogP contribution in [0.3, 0.4) is 0 Å². The first-order valence-electron chi connectivity index (χ1n) is 6.33. The van der Waals surface area contributed by atoms with Gasteiger partial charge in [0.25, 0.3) is 0 Å². The lowest BCUT2D eigenvalue weighted by Gasteiger charge is -2.30. The number of nitrogens with one attached hydrogen (secondary N) is 1. The van der Waals surface area contributed by atoms with Crippen molar-refractivity contribution in [2.45, 2.75) is 41.9 Å². The average molecular weight is 289 g/mol. The van der Waals surface area contributed by atoms with Crippen molar-refractivity contribution in [3.63, 3.8) is 0 Å². The van der Waals surface area contributed by atoms with Gasteiger partial charge in [0.1, 0.15) is 0 Å². The Hall–Kier alpha value is -1.01. The Labute approximate surface area is 111 Å². The van der Waals surface area contributed by atoms with Crippen LogP contribution in [0.15, 0.2) is 23.1 Å². The van der Waals surface area contributed by atoms with Crippen LogP contribution < -0.4 is 5.32 Å². The van der Waals surface area contributed by atoms with E-state index in [2.05, 4.69) is 5.32 Å². The molecule has 0 radical (unpaired) electrons. The standard InChI is InChI=1S/C13H17F2NO2S/c1-16-12-4-2-3-5-13(12)19(17,18)9-6-7-10(14)11(15)8-9/h6-8,12-13,16H,2-5H2,1H3. The van der Waals surface area contributed by atoms with E-state index in [4.69, 9.17) is 0 Å². The third-order valence-electron chi connectivity index (χ3n) is 3.69. The summed E-state index contributed by atoms with van der Waals surface area (Å²) in [5.74, 6) is -2.16. The Kier molecular flexibility index (Phi) is 4.20. The van der Waals surface area contributed by atoms with Gasteiger partial charge in [0.15, 0.2) is 21.5 Å². The van der Waals surface area contributed by atoms with Crippen molar-refractivity contribution in [1.29, 1.82) is 0 Å². The summed E-state index contributed by atoms with van der Waals surface area (Å²) in [6, 6.07) is 2.63. The number of hydrogen-bond donors (Lipinski definition) is 1. The van der Waals surface area contributed by atoms with Gasteiger partial charge in [-0.25, -0.2) is 17.2 Å². The normalized spacial score (nSPS) is 24.4. The van der Waals surface area contributed by atoms with Gasteiger partial charge in [-0.15, -0.1) is 0 Å². The van der Waals surface area contributed by atoms with Gasteiger partial charge in [0.2, 0.25) is 0 Å². The molecule has 2 rings (SSSR count). The van der Waals surface area contributed by atoms with Gasteiger partial charge >= 0.3 is 0 Å². The van der Waals surface area contributed by atoms with Gasteiger partial charge < -0.3 is 5.32 Å². The van der Waals surface area contributed by atoms with Crippen LogP contribution >= 0.6 is 0 Å². The first-order chi connectivity index (χ1) is 8.96. The lowest BCUT2D eigenvalue weighted by atomic mass is 9.95. The topological polar surface area (TPSA) is 46.2 Å². The lowest BCUT2D eigenvalue weighted by Crippen LogP contribution is -2.44. The summed E-state index contributed by atoms with van der Waals surface area (Å²) in [4.78, 5) is -0.140. The monoisotopic (exact) mass is 289 g/mol. The van der Waals surface area contributed by atoms with Crippen LogP contribution in [0.5, 0.6) is 0 Å². The van der Waals surface area contributed by atoms with Crippen LogP contribution in [-0.2, 0) is 9.84 Å². The zero-order chi connectivity index (χ0) is 14.0. The van der Waals surface area contributed by atoms with E-state index < -0.39 is 26.7 Å². The molecule has 6 heteroatoms. The zero-order valence-corrected chi connectivity index (χ0v) is 11.5. The maximum absolute atomic E-state index is 13.2. The van der Waals surface area contributed by atoms with Crippen molar-refractivity contribution in [3.8, 4) is 0 Å². The van der Waals surface area contributed by atoms with Gasteiger partial charge in [0, 0.05) is 6.04 Å². The van der Waals surface area contributed by atoms with E-state index in [9.17, 15) is 17.2 Å². The van der Waals surface area contributed by atoms with E-state index >= 15 is 0 Å². The molecular formula is C13H17F2NO2S. The Morgan fingerprint density at radius 2 is 1.84 bits per heavy atom. The largest absolute Gasteiger partial charge is 0.316 e. The molecule has 1 aromatic rings. The van der Waals surface area contributed by atoms with E-state index in [1.165, 1.54) is 0 Å². The molecule has 0 bridgehead atoms. The summed E-state index contributed by atoms with van der Waals surface area (Å²) < 4.78 is 51.1. The highest BCUT2D eigenvalue weighted by molar-refractivity contribution is 7.92. The van der Waals surface area contributed by atoms with Gasteiger partial charge in [-0.1, -0.05) is 12.8 Å². The van der Waals surface area contributed by atoms with Gasteiger partial charge in [-0.3, -0.25) is 0 Å². The highest BCUT2D eigenvalue weighted by Gasteiger charge is 2.36. The van der Waals surface area contributed by atoms with Gasteiger partial charge in [0.05, 0.1) is 10.1 Å². The average Bonchev–Trinajstić information content (AvgIpc) is 2.41. The minimum absolute atomic E-state index is 0.133. The molecule has 1 N–H and O–H groups in total. The summed E-state index contributed by atoms with van der Waals surface area (Å²) in [7, 11) is -1.91.